The second-order valence-corrected chi connectivity index (χ2v) is 11.1. The molecule has 3 aliphatic heterocycles. The summed E-state index contributed by atoms with van der Waals surface area (Å²) in [5, 5.41) is 0. The van der Waals surface area contributed by atoms with E-state index in [0.29, 0.717) is 26.2 Å². The van der Waals surface area contributed by atoms with Gasteiger partial charge in [0.25, 0.3) is 20.4 Å². The van der Waals surface area contributed by atoms with Gasteiger partial charge in [-0.25, -0.2) is 0 Å². The molecule has 3 aliphatic rings. The Morgan fingerprint density at radius 3 is 1.56 bits per heavy atom. The first-order chi connectivity index (χ1) is 11.8. The minimum atomic E-state index is -3.50. The average Bonchev–Trinajstić information content (AvgIpc) is 2.63. The van der Waals surface area contributed by atoms with Crippen molar-refractivity contribution in [2.75, 3.05) is 45.8 Å². The fourth-order valence-corrected chi connectivity index (χ4v) is 7.58. The van der Waals surface area contributed by atoms with Crippen LogP contribution in [-0.2, 0) is 20.4 Å². The van der Waals surface area contributed by atoms with Crippen molar-refractivity contribution in [1.82, 2.24) is 17.2 Å². The van der Waals surface area contributed by atoms with Crippen molar-refractivity contribution in [3.8, 4) is 0 Å². The molecule has 0 aromatic carbocycles. The highest BCUT2D eigenvalue weighted by Gasteiger charge is 2.41. The van der Waals surface area contributed by atoms with E-state index in [2.05, 4.69) is 0 Å². The van der Waals surface area contributed by atoms with E-state index >= 15 is 0 Å². The van der Waals surface area contributed by atoms with Gasteiger partial charge in [-0.1, -0.05) is 12.8 Å². The van der Waals surface area contributed by atoms with Gasteiger partial charge in [-0.05, 0) is 32.6 Å². The molecule has 3 saturated heterocycles. The number of hydrogen-bond acceptors (Lipinski definition) is 4. The van der Waals surface area contributed by atoms with Crippen molar-refractivity contribution in [2.24, 2.45) is 0 Å². The van der Waals surface area contributed by atoms with Crippen molar-refractivity contribution in [1.29, 1.82) is 0 Å². The van der Waals surface area contributed by atoms with Crippen LogP contribution in [0.1, 0.15) is 45.4 Å². The van der Waals surface area contributed by atoms with Gasteiger partial charge in [-0.15, -0.1) is 0 Å². The molecule has 3 fully saturated rings. The predicted octanol–water partition coefficient (Wildman–Crippen LogP) is 0.454. The van der Waals surface area contributed by atoms with Gasteiger partial charge in [0.15, 0.2) is 0 Å². The summed E-state index contributed by atoms with van der Waals surface area (Å²) in [7, 11) is -6.98. The zero-order chi connectivity index (χ0) is 18.1. The van der Waals surface area contributed by atoms with Crippen LogP contribution >= 0.6 is 0 Å². The van der Waals surface area contributed by atoms with E-state index in [1.54, 1.807) is 15.5 Å². The smallest absolute Gasteiger partial charge is 0.195 e. The van der Waals surface area contributed by atoms with E-state index < -0.39 is 20.4 Å². The largest absolute Gasteiger partial charge is 0.282 e. The molecule has 3 heterocycles. The van der Waals surface area contributed by atoms with Crippen molar-refractivity contribution < 1.29 is 16.8 Å². The van der Waals surface area contributed by atoms with Gasteiger partial charge < -0.3 is 0 Å². The molecular formula is C15H30N4O4S2. The van der Waals surface area contributed by atoms with Crippen LogP contribution in [0.5, 0.6) is 0 Å². The van der Waals surface area contributed by atoms with Crippen LogP contribution in [0.25, 0.3) is 0 Å². The van der Waals surface area contributed by atoms with Gasteiger partial charge in [0.05, 0.1) is 0 Å². The maximum atomic E-state index is 12.9. The summed E-state index contributed by atoms with van der Waals surface area (Å²) in [6.45, 7) is 4.78. The van der Waals surface area contributed by atoms with E-state index in [9.17, 15) is 16.8 Å². The molecule has 0 amide bonds. The molecule has 146 valence electrons. The molecule has 0 aromatic rings. The third-order valence-electron chi connectivity index (χ3n) is 5.43. The SMILES string of the molecule is C[C@@H]1CN(S(=O)(=O)N2CCCCC2)CCN1S(=O)(=O)N1CCCCC1. The predicted molar refractivity (Wildman–Crippen MR) is 96.4 cm³/mol. The van der Waals surface area contributed by atoms with Gasteiger partial charge in [0.1, 0.15) is 0 Å². The van der Waals surface area contributed by atoms with Gasteiger partial charge in [-0.3, -0.25) is 0 Å². The maximum Gasteiger partial charge on any atom is 0.282 e. The third kappa shape index (κ3) is 4.03. The molecule has 10 heteroatoms. The first-order valence-electron chi connectivity index (χ1n) is 9.35. The number of piperidine rings is 2. The van der Waals surface area contributed by atoms with E-state index in [-0.39, 0.29) is 25.7 Å². The molecular weight excluding hydrogens is 364 g/mol. The zero-order valence-corrected chi connectivity index (χ0v) is 16.6. The molecule has 8 nitrogen and oxygen atoms in total. The molecule has 0 saturated carbocycles. The molecule has 0 spiro atoms. The summed E-state index contributed by atoms with van der Waals surface area (Å²) in [5.41, 5.74) is 0. The molecule has 0 N–H and O–H groups in total. The Kier molecular flexibility index (Phi) is 6.06. The summed E-state index contributed by atoms with van der Waals surface area (Å²) in [6.07, 6.45) is 5.75. The Labute approximate surface area is 152 Å². The van der Waals surface area contributed by atoms with Crippen molar-refractivity contribution >= 4 is 20.4 Å². The van der Waals surface area contributed by atoms with Crippen LogP contribution in [0.15, 0.2) is 0 Å². The minimum Gasteiger partial charge on any atom is -0.195 e. The average molecular weight is 395 g/mol. The fourth-order valence-electron chi connectivity index (χ4n) is 3.96. The lowest BCUT2D eigenvalue weighted by atomic mass is 10.2. The summed E-state index contributed by atoms with van der Waals surface area (Å²) in [5.74, 6) is 0. The van der Waals surface area contributed by atoms with Crippen LogP contribution in [0.2, 0.25) is 0 Å². The van der Waals surface area contributed by atoms with Gasteiger partial charge in [0.2, 0.25) is 0 Å². The number of piperazine rings is 1. The van der Waals surface area contributed by atoms with Crippen LogP contribution < -0.4 is 0 Å². The first kappa shape index (κ1) is 19.5. The first-order valence-corrected chi connectivity index (χ1v) is 12.1. The molecule has 3 rings (SSSR count). The molecule has 0 aliphatic carbocycles. The van der Waals surface area contributed by atoms with Crippen LogP contribution in [0.3, 0.4) is 0 Å². The van der Waals surface area contributed by atoms with E-state index in [1.165, 1.54) is 8.61 Å². The molecule has 0 radical (unpaired) electrons. The highest BCUT2D eigenvalue weighted by Crippen LogP contribution is 2.24. The monoisotopic (exact) mass is 394 g/mol. The van der Waals surface area contributed by atoms with E-state index in [1.807, 2.05) is 0 Å². The lowest BCUT2D eigenvalue weighted by Crippen LogP contribution is -2.60. The zero-order valence-electron chi connectivity index (χ0n) is 15.0. The van der Waals surface area contributed by atoms with Crippen molar-refractivity contribution in [3.63, 3.8) is 0 Å². The summed E-state index contributed by atoms with van der Waals surface area (Å²) >= 11 is 0. The summed E-state index contributed by atoms with van der Waals surface area (Å²) in [4.78, 5) is 0. The molecule has 25 heavy (non-hydrogen) atoms. The number of nitrogens with zero attached hydrogens (tertiary/aromatic N) is 4. The van der Waals surface area contributed by atoms with Gasteiger partial charge in [0, 0.05) is 51.9 Å². The standard InChI is InChI=1S/C15H30N4O4S2/c1-15-14-18(24(20,21)16-8-4-2-5-9-16)12-13-19(15)25(22,23)17-10-6-3-7-11-17/h15H,2-14H2,1H3/t15-/m1/s1. The van der Waals surface area contributed by atoms with Crippen LogP contribution in [0.4, 0.5) is 0 Å². The Morgan fingerprint density at radius 2 is 1.08 bits per heavy atom. The van der Waals surface area contributed by atoms with Crippen molar-refractivity contribution in [3.05, 3.63) is 0 Å². The molecule has 0 unspecified atom stereocenters. The highest BCUT2D eigenvalue weighted by molar-refractivity contribution is 7.87. The number of rotatable bonds is 4. The molecule has 0 bridgehead atoms. The minimum absolute atomic E-state index is 0.228. The highest BCUT2D eigenvalue weighted by atomic mass is 32.2. The Balaban J connectivity index is 1.67. The molecule has 1 atom stereocenters. The Hall–Kier alpha value is -0.260. The topological polar surface area (TPSA) is 81.2 Å². The second kappa shape index (κ2) is 7.77. The van der Waals surface area contributed by atoms with Crippen molar-refractivity contribution in [2.45, 2.75) is 51.5 Å². The molecule has 0 aromatic heterocycles. The van der Waals surface area contributed by atoms with Gasteiger partial charge in [-0.2, -0.15) is 34.1 Å². The van der Waals surface area contributed by atoms with E-state index in [0.717, 1.165) is 38.5 Å². The maximum absolute atomic E-state index is 12.9. The van der Waals surface area contributed by atoms with Crippen LogP contribution in [0, 0.1) is 0 Å². The fraction of sp³-hybridized carbons (Fsp3) is 1.00. The normalized spacial score (nSPS) is 29.7. The number of hydrogen-bond donors (Lipinski definition) is 0. The lowest BCUT2D eigenvalue weighted by molar-refractivity contribution is 0.185. The Bertz CT molecular complexity index is 655. The summed E-state index contributed by atoms with van der Waals surface area (Å²) < 4.78 is 57.5. The summed E-state index contributed by atoms with van der Waals surface area (Å²) in [6, 6.07) is -0.347. The van der Waals surface area contributed by atoms with E-state index in [4.69, 9.17) is 0 Å². The lowest BCUT2D eigenvalue weighted by Gasteiger charge is -2.42. The second-order valence-electron chi connectivity index (χ2n) is 7.25. The van der Waals surface area contributed by atoms with Gasteiger partial charge >= 0.3 is 0 Å². The quantitative estimate of drug-likeness (QED) is 0.693. The third-order valence-corrected chi connectivity index (χ3v) is 9.59. The van der Waals surface area contributed by atoms with Crippen LogP contribution in [-0.4, -0.2) is 85.9 Å². The Morgan fingerprint density at radius 1 is 0.600 bits per heavy atom.